The van der Waals surface area contributed by atoms with Gasteiger partial charge in [-0.3, -0.25) is 0 Å². The van der Waals surface area contributed by atoms with Crippen molar-refractivity contribution in [3.05, 3.63) is 53.1 Å². The fourth-order valence-corrected chi connectivity index (χ4v) is 2.17. The van der Waals surface area contributed by atoms with Crippen LogP contribution >= 0.6 is 11.6 Å². The number of phenols is 1. The van der Waals surface area contributed by atoms with E-state index in [4.69, 9.17) is 16.0 Å². The average molecular weight is 259 g/mol. The third-order valence-corrected chi connectivity index (χ3v) is 3.13. The average Bonchev–Trinajstić information content (AvgIpc) is 2.74. The Labute approximate surface area is 109 Å². The van der Waals surface area contributed by atoms with E-state index in [9.17, 15) is 5.11 Å². The lowest BCUT2D eigenvalue weighted by atomic mass is 10.1. The maximum absolute atomic E-state index is 9.85. The summed E-state index contributed by atoms with van der Waals surface area (Å²) in [5.74, 6) is 0.783. The van der Waals surface area contributed by atoms with Gasteiger partial charge in [-0.05, 0) is 43.3 Å². The van der Waals surface area contributed by atoms with Crippen molar-refractivity contribution in [1.29, 1.82) is 0 Å². The summed E-state index contributed by atoms with van der Waals surface area (Å²) in [6, 6.07) is 12.8. The first-order valence-corrected chi connectivity index (χ1v) is 6.00. The van der Waals surface area contributed by atoms with E-state index in [0.717, 1.165) is 11.0 Å². The van der Waals surface area contributed by atoms with Crippen LogP contribution in [-0.4, -0.2) is 5.11 Å². The van der Waals surface area contributed by atoms with Gasteiger partial charge in [0.15, 0.2) is 0 Å². The Hall–Kier alpha value is -1.93. The Morgan fingerprint density at radius 1 is 1.06 bits per heavy atom. The highest BCUT2D eigenvalue weighted by Gasteiger charge is 2.10. The first-order valence-electron chi connectivity index (χ1n) is 5.62. The summed E-state index contributed by atoms with van der Waals surface area (Å²) in [4.78, 5) is 0. The van der Waals surface area contributed by atoms with E-state index in [1.54, 1.807) is 18.2 Å². The van der Waals surface area contributed by atoms with Crippen LogP contribution in [0.3, 0.4) is 0 Å². The SMILES string of the molecule is Cc1ccc2oc(-c3cc(Cl)ccc3O)cc2c1. The summed E-state index contributed by atoms with van der Waals surface area (Å²) in [7, 11) is 0. The third kappa shape index (κ3) is 1.85. The Morgan fingerprint density at radius 2 is 1.89 bits per heavy atom. The number of phenolic OH excluding ortho intramolecular Hbond substituents is 1. The molecule has 2 nitrogen and oxygen atoms in total. The molecule has 1 aromatic heterocycles. The van der Waals surface area contributed by atoms with Crippen LogP contribution in [0.15, 0.2) is 46.9 Å². The number of aromatic hydroxyl groups is 1. The zero-order valence-electron chi connectivity index (χ0n) is 9.77. The van der Waals surface area contributed by atoms with E-state index in [1.165, 1.54) is 5.56 Å². The lowest BCUT2D eigenvalue weighted by Crippen LogP contribution is -1.75. The van der Waals surface area contributed by atoms with E-state index >= 15 is 0 Å². The molecular weight excluding hydrogens is 248 g/mol. The highest BCUT2D eigenvalue weighted by Crippen LogP contribution is 2.35. The van der Waals surface area contributed by atoms with E-state index < -0.39 is 0 Å². The third-order valence-electron chi connectivity index (χ3n) is 2.90. The highest BCUT2D eigenvalue weighted by atomic mass is 35.5. The van der Waals surface area contributed by atoms with Crippen molar-refractivity contribution in [2.24, 2.45) is 0 Å². The predicted molar refractivity (Wildman–Crippen MR) is 73.1 cm³/mol. The van der Waals surface area contributed by atoms with Crippen molar-refractivity contribution < 1.29 is 9.52 Å². The normalized spacial score (nSPS) is 11.0. The predicted octanol–water partition coefficient (Wildman–Crippen LogP) is 4.77. The number of hydrogen-bond acceptors (Lipinski definition) is 2. The Kier molecular flexibility index (Phi) is 2.53. The maximum Gasteiger partial charge on any atom is 0.139 e. The Balaban J connectivity index is 2.22. The van der Waals surface area contributed by atoms with Crippen LogP contribution in [0.5, 0.6) is 5.75 Å². The van der Waals surface area contributed by atoms with Gasteiger partial charge in [-0.25, -0.2) is 0 Å². The second-order valence-corrected chi connectivity index (χ2v) is 4.75. The zero-order chi connectivity index (χ0) is 12.7. The van der Waals surface area contributed by atoms with Crippen LogP contribution < -0.4 is 0 Å². The molecule has 18 heavy (non-hydrogen) atoms. The minimum atomic E-state index is 0.162. The molecule has 0 amide bonds. The summed E-state index contributed by atoms with van der Waals surface area (Å²) in [5, 5.41) is 11.4. The Bertz CT molecular complexity index is 728. The molecule has 1 N–H and O–H groups in total. The summed E-state index contributed by atoms with van der Waals surface area (Å²) in [6.45, 7) is 2.03. The van der Waals surface area contributed by atoms with Crippen LogP contribution in [0, 0.1) is 6.92 Å². The van der Waals surface area contributed by atoms with E-state index in [-0.39, 0.29) is 5.75 Å². The molecule has 3 heteroatoms. The van der Waals surface area contributed by atoms with Crippen LogP contribution in [0.1, 0.15) is 5.56 Å². The van der Waals surface area contributed by atoms with Crippen molar-refractivity contribution in [3.8, 4) is 17.1 Å². The lowest BCUT2D eigenvalue weighted by molar-refractivity contribution is 0.475. The van der Waals surface area contributed by atoms with Gasteiger partial charge in [-0.2, -0.15) is 0 Å². The van der Waals surface area contributed by atoms with Gasteiger partial charge in [-0.1, -0.05) is 23.2 Å². The number of hydrogen-bond donors (Lipinski definition) is 1. The second kappa shape index (κ2) is 4.07. The van der Waals surface area contributed by atoms with Gasteiger partial charge < -0.3 is 9.52 Å². The molecule has 0 spiro atoms. The zero-order valence-corrected chi connectivity index (χ0v) is 10.5. The van der Waals surface area contributed by atoms with Crippen molar-refractivity contribution in [2.75, 3.05) is 0 Å². The van der Waals surface area contributed by atoms with Crippen molar-refractivity contribution in [1.82, 2.24) is 0 Å². The monoisotopic (exact) mass is 258 g/mol. The van der Waals surface area contributed by atoms with Crippen LogP contribution in [0.4, 0.5) is 0 Å². The van der Waals surface area contributed by atoms with Crippen LogP contribution in [0.25, 0.3) is 22.3 Å². The van der Waals surface area contributed by atoms with Gasteiger partial charge in [0.1, 0.15) is 17.1 Å². The maximum atomic E-state index is 9.85. The first-order chi connectivity index (χ1) is 8.63. The molecule has 0 saturated carbocycles. The highest BCUT2D eigenvalue weighted by molar-refractivity contribution is 6.30. The van der Waals surface area contributed by atoms with E-state index in [2.05, 4.69) is 0 Å². The molecule has 0 saturated heterocycles. The van der Waals surface area contributed by atoms with Gasteiger partial charge in [0.2, 0.25) is 0 Å². The molecule has 0 unspecified atom stereocenters. The van der Waals surface area contributed by atoms with Crippen molar-refractivity contribution in [3.63, 3.8) is 0 Å². The topological polar surface area (TPSA) is 33.4 Å². The summed E-state index contributed by atoms with van der Waals surface area (Å²) in [6.07, 6.45) is 0. The number of benzene rings is 2. The van der Waals surface area contributed by atoms with E-state index in [0.29, 0.717) is 16.3 Å². The fraction of sp³-hybridized carbons (Fsp3) is 0.0667. The standard InChI is InChI=1S/C15H11ClO2/c1-9-2-5-14-10(6-9)7-15(18-14)12-8-11(16)3-4-13(12)17/h2-8,17H,1H3. The number of rotatable bonds is 1. The van der Waals surface area contributed by atoms with Gasteiger partial charge in [-0.15, -0.1) is 0 Å². The van der Waals surface area contributed by atoms with Crippen LogP contribution in [0.2, 0.25) is 5.02 Å². The number of furan rings is 1. The summed E-state index contributed by atoms with van der Waals surface area (Å²) < 4.78 is 5.73. The second-order valence-electron chi connectivity index (χ2n) is 4.31. The van der Waals surface area contributed by atoms with Gasteiger partial charge in [0.25, 0.3) is 0 Å². The largest absolute Gasteiger partial charge is 0.507 e. The molecule has 90 valence electrons. The van der Waals surface area contributed by atoms with Crippen molar-refractivity contribution in [2.45, 2.75) is 6.92 Å². The Morgan fingerprint density at radius 3 is 2.72 bits per heavy atom. The van der Waals surface area contributed by atoms with Crippen LogP contribution in [-0.2, 0) is 0 Å². The smallest absolute Gasteiger partial charge is 0.139 e. The number of halogens is 1. The molecule has 0 aliphatic rings. The molecule has 0 aliphatic heterocycles. The summed E-state index contributed by atoms with van der Waals surface area (Å²) >= 11 is 5.94. The minimum absolute atomic E-state index is 0.162. The fourth-order valence-electron chi connectivity index (χ4n) is 2.00. The molecule has 0 atom stereocenters. The first kappa shape index (κ1) is 11.2. The van der Waals surface area contributed by atoms with Crippen molar-refractivity contribution >= 4 is 22.6 Å². The lowest BCUT2D eigenvalue weighted by Gasteiger charge is -2.00. The quantitative estimate of drug-likeness (QED) is 0.682. The molecule has 3 aromatic rings. The van der Waals surface area contributed by atoms with E-state index in [1.807, 2.05) is 31.2 Å². The molecule has 0 bridgehead atoms. The van der Waals surface area contributed by atoms with Gasteiger partial charge >= 0.3 is 0 Å². The molecule has 0 radical (unpaired) electrons. The van der Waals surface area contributed by atoms with Gasteiger partial charge in [0, 0.05) is 10.4 Å². The molecule has 1 heterocycles. The number of aryl methyl sites for hydroxylation is 1. The molecule has 0 fully saturated rings. The molecule has 3 rings (SSSR count). The molecular formula is C15H11ClO2. The molecule has 2 aromatic carbocycles. The molecule has 0 aliphatic carbocycles. The minimum Gasteiger partial charge on any atom is -0.507 e. The number of fused-ring (bicyclic) bond motifs is 1. The van der Waals surface area contributed by atoms with Gasteiger partial charge in [0.05, 0.1) is 5.56 Å². The summed E-state index contributed by atoms with van der Waals surface area (Å²) in [5.41, 5.74) is 2.58.